The van der Waals surface area contributed by atoms with E-state index in [1.165, 1.54) is 14.2 Å². The molecule has 86 valence electrons. The zero-order valence-electron chi connectivity index (χ0n) is 9.01. The summed E-state index contributed by atoms with van der Waals surface area (Å²) in [6.07, 6.45) is 2.73. The molecule has 1 unspecified atom stereocenters. The van der Waals surface area contributed by atoms with Crippen molar-refractivity contribution in [3.63, 3.8) is 0 Å². The average Bonchev–Trinajstić information content (AvgIpc) is 2.45. The van der Waals surface area contributed by atoms with E-state index in [2.05, 4.69) is 34.2 Å². The van der Waals surface area contributed by atoms with Gasteiger partial charge in [-0.3, -0.25) is 4.21 Å². The highest BCUT2D eigenvalue weighted by Crippen LogP contribution is 2.26. The molecule has 0 radical (unpaired) electrons. The van der Waals surface area contributed by atoms with E-state index in [1.807, 2.05) is 0 Å². The molecule has 0 spiro atoms. The van der Waals surface area contributed by atoms with Gasteiger partial charge in [-0.15, -0.1) is 11.3 Å². The Bertz CT molecular complexity index is 319. The summed E-state index contributed by atoms with van der Waals surface area (Å²) in [5.41, 5.74) is 1.30. The number of aryl methyl sites for hydroxylation is 1. The lowest BCUT2D eigenvalue weighted by atomic mass is 10.3. The van der Waals surface area contributed by atoms with Crippen LogP contribution >= 0.6 is 27.3 Å². The highest BCUT2D eigenvalue weighted by molar-refractivity contribution is 9.11. The highest BCUT2D eigenvalue weighted by Gasteiger charge is 2.01. The first-order valence-corrected chi connectivity index (χ1v) is 8.19. The lowest BCUT2D eigenvalue weighted by molar-refractivity contribution is 0.665. The van der Waals surface area contributed by atoms with Crippen LogP contribution in [0.4, 0.5) is 0 Å². The van der Waals surface area contributed by atoms with Crippen LogP contribution in [-0.2, 0) is 17.3 Å². The van der Waals surface area contributed by atoms with Gasteiger partial charge in [0.05, 0.1) is 3.79 Å². The van der Waals surface area contributed by atoms with Gasteiger partial charge in [0.2, 0.25) is 0 Å². The minimum atomic E-state index is -0.658. The van der Waals surface area contributed by atoms with Crippen molar-refractivity contribution < 1.29 is 4.21 Å². The van der Waals surface area contributed by atoms with Crippen molar-refractivity contribution in [1.82, 2.24) is 5.32 Å². The van der Waals surface area contributed by atoms with E-state index in [4.69, 9.17) is 0 Å². The normalized spacial score (nSPS) is 13.0. The Kier molecular flexibility index (Phi) is 6.04. The fourth-order valence-corrected chi connectivity index (χ4v) is 3.37. The molecule has 0 aliphatic rings. The van der Waals surface area contributed by atoms with Crippen molar-refractivity contribution in [3.8, 4) is 0 Å². The van der Waals surface area contributed by atoms with E-state index in [0.717, 1.165) is 25.3 Å². The standard InChI is InChI=1S/C10H16BrNOS2/c1-8-6-9(14-10(8)11)7-12-4-3-5-15(2)13/h6,12H,3-5,7H2,1-2H3. The first-order valence-electron chi connectivity index (χ1n) is 4.85. The van der Waals surface area contributed by atoms with Gasteiger partial charge in [-0.25, -0.2) is 0 Å². The lowest BCUT2D eigenvalue weighted by Crippen LogP contribution is -2.15. The van der Waals surface area contributed by atoms with Crippen molar-refractivity contribution in [1.29, 1.82) is 0 Å². The Labute approximate surface area is 106 Å². The second kappa shape index (κ2) is 6.78. The smallest absolute Gasteiger partial charge is 0.0730 e. The second-order valence-electron chi connectivity index (χ2n) is 3.48. The molecule has 0 fully saturated rings. The summed E-state index contributed by atoms with van der Waals surface area (Å²) in [7, 11) is -0.658. The van der Waals surface area contributed by atoms with Gasteiger partial charge in [-0.1, -0.05) is 0 Å². The van der Waals surface area contributed by atoms with E-state index >= 15 is 0 Å². The Balaban J connectivity index is 2.18. The van der Waals surface area contributed by atoms with Crippen molar-refractivity contribution >= 4 is 38.1 Å². The van der Waals surface area contributed by atoms with E-state index in [0.29, 0.717) is 0 Å². The molecule has 1 aromatic heterocycles. The van der Waals surface area contributed by atoms with Crippen molar-refractivity contribution in [3.05, 3.63) is 20.3 Å². The van der Waals surface area contributed by atoms with Crippen LogP contribution in [0.1, 0.15) is 16.9 Å². The van der Waals surface area contributed by atoms with Crippen molar-refractivity contribution in [2.24, 2.45) is 0 Å². The third kappa shape index (κ3) is 5.24. The molecule has 1 aromatic rings. The van der Waals surface area contributed by atoms with Crippen LogP contribution in [0.2, 0.25) is 0 Å². The molecule has 1 heterocycles. The fraction of sp³-hybridized carbons (Fsp3) is 0.600. The summed E-state index contributed by atoms with van der Waals surface area (Å²) in [6.45, 7) is 3.95. The number of hydrogen-bond acceptors (Lipinski definition) is 3. The molecule has 0 aliphatic heterocycles. The Morgan fingerprint density at radius 2 is 2.33 bits per heavy atom. The molecule has 1 rings (SSSR count). The molecule has 0 amide bonds. The van der Waals surface area contributed by atoms with Gasteiger partial charge in [0.1, 0.15) is 0 Å². The van der Waals surface area contributed by atoms with Gasteiger partial charge in [0.25, 0.3) is 0 Å². The zero-order chi connectivity index (χ0) is 11.3. The van der Waals surface area contributed by atoms with Crippen LogP contribution in [-0.4, -0.2) is 22.8 Å². The van der Waals surface area contributed by atoms with Gasteiger partial charge in [0.15, 0.2) is 0 Å². The number of nitrogens with one attached hydrogen (secondary N) is 1. The minimum absolute atomic E-state index is 0.658. The Morgan fingerprint density at radius 1 is 1.60 bits per heavy atom. The summed E-state index contributed by atoms with van der Waals surface area (Å²) in [5, 5.41) is 3.35. The maximum absolute atomic E-state index is 10.8. The number of rotatable bonds is 6. The molecule has 1 N–H and O–H groups in total. The molecule has 0 bridgehead atoms. The van der Waals surface area contributed by atoms with Gasteiger partial charge in [-0.05, 0) is 47.4 Å². The quantitative estimate of drug-likeness (QED) is 0.819. The van der Waals surface area contributed by atoms with Crippen LogP contribution in [0, 0.1) is 6.92 Å². The molecule has 0 saturated heterocycles. The first kappa shape index (κ1) is 13.4. The third-order valence-electron chi connectivity index (χ3n) is 1.99. The van der Waals surface area contributed by atoms with Crippen molar-refractivity contribution in [2.45, 2.75) is 19.9 Å². The van der Waals surface area contributed by atoms with Crippen LogP contribution in [0.15, 0.2) is 9.85 Å². The van der Waals surface area contributed by atoms with Crippen LogP contribution in [0.3, 0.4) is 0 Å². The summed E-state index contributed by atoms with van der Waals surface area (Å²) < 4.78 is 12.0. The average molecular weight is 310 g/mol. The van der Waals surface area contributed by atoms with Crippen LogP contribution < -0.4 is 5.32 Å². The number of hydrogen-bond donors (Lipinski definition) is 1. The molecule has 0 aromatic carbocycles. The first-order chi connectivity index (χ1) is 7.09. The van der Waals surface area contributed by atoms with E-state index in [9.17, 15) is 4.21 Å². The maximum Gasteiger partial charge on any atom is 0.0730 e. The van der Waals surface area contributed by atoms with Gasteiger partial charge < -0.3 is 5.32 Å². The summed E-state index contributed by atoms with van der Waals surface area (Å²) >= 11 is 5.28. The largest absolute Gasteiger partial charge is 0.312 e. The minimum Gasteiger partial charge on any atom is -0.312 e. The third-order valence-corrected chi connectivity index (χ3v) is 4.99. The monoisotopic (exact) mass is 309 g/mol. The fourth-order valence-electron chi connectivity index (χ4n) is 1.22. The molecule has 0 saturated carbocycles. The topological polar surface area (TPSA) is 29.1 Å². The van der Waals surface area contributed by atoms with Gasteiger partial charge in [0, 0.05) is 34.2 Å². The zero-order valence-corrected chi connectivity index (χ0v) is 12.2. The van der Waals surface area contributed by atoms with E-state index in [-0.39, 0.29) is 0 Å². The molecule has 1 atom stereocenters. The summed E-state index contributed by atoms with van der Waals surface area (Å²) in [4.78, 5) is 1.34. The Hall–Kier alpha value is 0.290. The highest BCUT2D eigenvalue weighted by atomic mass is 79.9. The predicted octanol–water partition coefficient (Wildman–Crippen LogP) is 2.68. The molecule has 0 aliphatic carbocycles. The summed E-state index contributed by atoms with van der Waals surface area (Å²) in [5.74, 6) is 0.792. The maximum atomic E-state index is 10.8. The lowest BCUT2D eigenvalue weighted by Gasteiger charge is -2.01. The van der Waals surface area contributed by atoms with Crippen molar-refractivity contribution in [2.75, 3.05) is 18.6 Å². The van der Waals surface area contributed by atoms with E-state index in [1.54, 1.807) is 17.6 Å². The van der Waals surface area contributed by atoms with E-state index < -0.39 is 10.8 Å². The second-order valence-corrected chi connectivity index (χ2v) is 7.49. The predicted molar refractivity (Wildman–Crippen MR) is 72.0 cm³/mol. The van der Waals surface area contributed by atoms with Gasteiger partial charge >= 0.3 is 0 Å². The molecule has 5 heteroatoms. The van der Waals surface area contributed by atoms with Crippen LogP contribution in [0.25, 0.3) is 0 Å². The molecule has 2 nitrogen and oxygen atoms in total. The summed E-state index contributed by atoms with van der Waals surface area (Å²) in [6, 6.07) is 2.19. The SMILES string of the molecule is Cc1cc(CNCCCS(C)=O)sc1Br. The number of thiophene rings is 1. The molecular formula is C10H16BrNOS2. The number of halogens is 1. The van der Waals surface area contributed by atoms with Gasteiger partial charge in [-0.2, -0.15) is 0 Å². The Morgan fingerprint density at radius 3 is 2.87 bits per heavy atom. The molecular weight excluding hydrogens is 294 g/mol. The molecule has 15 heavy (non-hydrogen) atoms. The van der Waals surface area contributed by atoms with Crippen LogP contribution in [0.5, 0.6) is 0 Å².